The third-order valence-corrected chi connectivity index (χ3v) is 3.93. The second kappa shape index (κ2) is 6.45. The molecule has 0 N–H and O–H groups in total. The maximum absolute atomic E-state index is 5.31. The molecule has 1 atom stereocenters. The van der Waals surface area contributed by atoms with Crippen LogP contribution in [0.4, 0.5) is 0 Å². The van der Waals surface area contributed by atoms with Crippen molar-refractivity contribution in [3.63, 3.8) is 0 Å². The lowest BCUT2D eigenvalue weighted by Gasteiger charge is -2.25. The van der Waals surface area contributed by atoms with Gasteiger partial charge < -0.3 is 9.32 Å². The molecule has 0 radical (unpaired) electrons. The topological polar surface area (TPSA) is 16.4 Å². The normalized spacial score (nSPS) is 13.7. The van der Waals surface area contributed by atoms with E-state index in [1.807, 2.05) is 6.92 Å². The van der Waals surface area contributed by atoms with Gasteiger partial charge in [-0.15, -0.1) is 0 Å². The molecule has 0 spiro atoms. The highest BCUT2D eigenvalue weighted by Crippen LogP contribution is 2.17. The van der Waals surface area contributed by atoms with Crippen LogP contribution < -0.4 is 0 Å². The number of rotatable bonds is 6. The Bertz CT molecular complexity index is 309. The van der Waals surface area contributed by atoms with Gasteiger partial charge in [-0.2, -0.15) is 0 Å². The Labute approximate surface area is 107 Å². The van der Waals surface area contributed by atoms with Crippen molar-refractivity contribution >= 4 is 15.9 Å². The molecule has 0 amide bonds. The first-order chi connectivity index (χ1) is 7.54. The maximum Gasteiger partial charge on any atom is 0.105 e. The molecule has 0 aromatic carbocycles. The van der Waals surface area contributed by atoms with E-state index < -0.39 is 0 Å². The summed E-state index contributed by atoms with van der Waals surface area (Å²) in [5, 5.41) is 1.07. The molecule has 0 fully saturated rings. The Morgan fingerprint density at radius 2 is 2.12 bits per heavy atom. The van der Waals surface area contributed by atoms with Crippen molar-refractivity contribution in [2.45, 2.75) is 27.3 Å². The highest BCUT2D eigenvalue weighted by atomic mass is 79.9. The standard InChI is InChI=1S/C13H22BrNO/c1-10(2)13(7-14)9-15(4)8-12-5-6-16-11(12)3/h5-6,10,13H,7-9H2,1-4H3. The molecular formula is C13H22BrNO. The Balaban J connectivity index is 2.47. The number of aryl methyl sites for hydroxylation is 1. The van der Waals surface area contributed by atoms with Crippen molar-refractivity contribution in [3.05, 3.63) is 23.7 Å². The zero-order chi connectivity index (χ0) is 12.1. The Kier molecular flexibility index (Phi) is 5.56. The summed E-state index contributed by atoms with van der Waals surface area (Å²) in [7, 11) is 2.17. The molecule has 0 aliphatic rings. The van der Waals surface area contributed by atoms with Crippen LogP contribution in [0, 0.1) is 18.8 Å². The predicted octanol–water partition coefficient (Wildman–Crippen LogP) is 3.69. The molecule has 16 heavy (non-hydrogen) atoms. The van der Waals surface area contributed by atoms with Crippen LogP contribution in [0.1, 0.15) is 25.2 Å². The summed E-state index contributed by atoms with van der Waals surface area (Å²) < 4.78 is 5.31. The van der Waals surface area contributed by atoms with Crippen LogP contribution in [0.25, 0.3) is 0 Å². The first-order valence-electron chi connectivity index (χ1n) is 5.82. The van der Waals surface area contributed by atoms with Gasteiger partial charge in [0, 0.05) is 24.0 Å². The zero-order valence-corrected chi connectivity index (χ0v) is 12.3. The summed E-state index contributed by atoms with van der Waals surface area (Å²) in [6.45, 7) is 8.67. The lowest BCUT2D eigenvalue weighted by atomic mass is 9.97. The molecule has 1 rings (SSSR count). The van der Waals surface area contributed by atoms with E-state index in [4.69, 9.17) is 4.42 Å². The summed E-state index contributed by atoms with van der Waals surface area (Å²) >= 11 is 3.59. The number of halogens is 1. The van der Waals surface area contributed by atoms with Crippen LogP contribution in [0.2, 0.25) is 0 Å². The van der Waals surface area contributed by atoms with Crippen molar-refractivity contribution in [2.24, 2.45) is 11.8 Å². The van der Waals surface area contributed by atoms with Crippen LogP contribution in [-0.4, -0.2) is 23.8 Å². The first kappa shape index (κ1) is 13.8. The van der Waals surface area contributed by atoms with E-state index in [0.29, 0.717) is 11.8 Å². The van der Waals surface area contributed by atoms with E-state index >= 15 is 0 Å². The van der Waals surface area contributed by atoms with Crippen molar-refractivity contribution in [2.75, 3.05) is 18.9 Å². The highest BCUT2D eigenvalue weighted by molar-refractivity contribution is 9.09. The van der Waals surface area contributed by atoms with Gasteiger partial charge in [0.25, 0.3) is 0 Å². The molecule has 1 aromatic heterocycles. The summed E-state index contributed by atoms with van der Waals surface area (Å²) in [4.78, 5) is 2.36. The molecule has 3 heteroatoms. The third kappa shape index (κ3) is 3.95. The van der Waals surface area contributed by atoms with Crippen LogP contribution in [0.3, 0.4) is 0 Å². The van der Waals surface area contributed by atoms with E-state index in [1.54, 1.807) is 6.26 Å². The molecular weight excluding hydrogens is 266 g/mol. The van der Waals surface area contributed by atoms with Gasteiger partial charge in [0.2, 0.25) is 0 Å². The van der Waals surface area contributed by atoms with Crippen LogP contribution in [0.15, 0.2) is 16.7 Å². The molecule has 1 aromatic rings. The smallest absolute Gasteiger partial charge is 0.105 e. The van der Waals surface area contributed by atoms with Gasteiger partial charge in [0.15, 0.2) is 0 Å². The molecule has 0 saturated carbocycles. The molecule has 0 aliphatic carbocycles. The second-order valence-electron chi connectivity index (χ2n) is 4.86. The highest BCUT2D eigenvalue weighted by Gasteiger charge is 2.15. The summed E-state index contributed by atoms with van der Waals surface area (Å²) in [5.41, 5.74) is 1.29. The van der Waals surface area contributed by atoms with Crippen molar-refractivity contribution in [3.8, 4) is 0 Å². The molecule has 0 aliphatic heterocycles. The largest absolute Gasteiger partial charge is 0.469 e. The van der Waals surface area contributed by atoms with E-state index in [0.717, 1.165) is 24.2 Å². The summed E-state index contributed by atoms with van der Waals surface area (Å²) in [5.74, 6) is 2.45. The fourth-order valence-electron chi connectivity index (χ4n) is 1.77. The molecule has 1 heterocycles. The van der Waals surface area contributed by atoms with Gasteiger partial charge in [0.1, 0.15) is 5.76 Å². The number of alkyl halides is 1. The Morgan fingerprint density at radius 1 is 1.44 bits per heavy atom. The molecule has 2 nitrogen and oxygen atoms in total. The first-order valence-corrected chi connectivity index (χ1v) is 6.94. The van der Waals surface area contributed by atoms with E-state index in [2.05, 4.69) is 47.8 Å². The quantitative estimate of drug-likeness (QED) is 0.742. The van der Waals surface area contributed by atoms with E-state index in [-0.39, 0.29) is 0 Å². The number of furan rings is 1. The molecule has 1 unspecified atom stereocenters. The predicted molar refractivity (Wildman–Crippen MR) is 71.9 cm³/mol. The average Bonchev–Trinajstić information content (AvgIpc) is 2.60. The van der Waals surface area contributed by atoms with Crippen LogP contribution >= 0.6 is 15.9 Å². The minimum atomic E-state index is 0.706. The zero-order valence-electron chi connectivity index (χ0n) is 10.7. The van der Waals surface area contributed by atoms with Gasteiger partial charge >= 0.3 is 0 Å². The lowest BCUT2D eigenvalue weighted by Crippen LogP contribution is -2.29. The van der Waals surface area contributed by atoms with Crippen LogP contribution in [0.5, 0.6) is 0 Å². The van der Waals surface area contributed by atoms with Crippen molar-refractivity contribution in [1.82, 2.24) is 4.90 Å². The minimum Gasteiger partial charge on any atom is -0.469 e. The average molecular weight is 288 g/mol. The Morgan fingerprint density at radius 3 is 2.56 bits per heavy atom. The van der Waals surface area contributed by atoms with Gasteiger partial charge in [-0.25, -0.2) is 0 Å². The third-order valence-electron chi connectivity index (χ3n) is 3.09. The fourth-order valence-corrected chi connectivity index (χ4v) is 2.72. The maximum atomic E-state index is 5.31. The van der Waals surface area contributed by atoms with E-state index in [9.17, 15) is 0 Å². The monoisotopic (exact) mass is 287 g/mol. The van der Waals surface area contributed by atoms with Gasteiger partial charge in [0.05, 0.1) is 6.26 Å². The SMILES string of the molecule is Cc1occc1CN(C)CC(CBr)C(C)C. The molecule has 0 saturated heterocycles. The van der Waals surface area contributed by atoms with Crippen molar-refractivity contribution in [1.29, 1.82) is 0 Å². The number of hydrogen-bond donors (Lipinski definition) is 0. The summed E-state index contributed by atoms with van der Waals surface area (Å²) in [6, 6.07) is 2.06. The fraction of sp³-hybridized carbons (Fsp3) is 0.692. The van der Waals surface area contributed by atoms with Crippen LogP contribution in [-0.2, 0) is 6.54 Å². The molecule has 0 bridgehead atoms. The molecule has 92 valence electrons. The summed E-state index contributed by atoms with van der Waals surface area (Å²) in [6.07, 6.45) is 1.77. The van der Waals surface area contributed by atoms with Gasteiger partial charge in [-0.1, -0.05) is 29.8 Å². The second-order valence-corrected chi connectivity index (χ2v) is 5.50. The van der Waals surface area contributed by atoms with Crippen molar-refractivity contribution < 1.29 is 4.42 Å². The van der Waals surface area contributed by atoms with Gasteiger partial charge in [-0.3, -0.25) is 0 Å². The number of nitrogens with zero attached hydrogens (tertiary/aromatic N) is 1. The Hall–Kier alpha value is -0.280. The number of hydrogen-bond acceptors (Lipinski definition) is 2. The minimum absolute atomic E-state index is 0.706. The lowest BCUT2D eigenvalue weighted by molar-refractivity contribution is 0.246. The van der Waals surface area contributed by atoms with Gasteiger partial charge in [-0.05, 0) is 31.9 Å². The van der Waals surface area contributed by atoms with E-state index in [1.165, 1.54) is 5.56 Å².